The van der Waals surface area contributed by atoms with Gasteiger partial charge in [-0.15, -0.1) is 11.3 Å². The number of thiazole rings is 1. The normalized spacial score (nSPS) is 14.8. The Morgan fingerprint density at radius 2 is 1.90 bits per heavy atom. The molecule has 1 aliphatic heterocycles. The zero-order valence-corrected chi connectivity index (χ0v) is 18.6. The summed E-state index contributed by atoms with van der Waals surface area (Å²) in [4.78, 5) is 19.6. The van der Waals surface area contributed by atoms with Gasteiger partial charge >= 0.3 is 0 Å². The molecular formula is C23H21ClN4O2S. The molecule has 158 valence electrons. The van der Waals surface area contributed by atoms with Crippen molar-refractivity contribution >= 4 is 39.1 Å². The molecule has 6 nitrogen and oxygen atoms in total. The number of nitrogens with zero attached hydrogens (tertiary/aromatic N) is 4. The summed E-state index contributed by atoms with van der Waals surface area (Å²) in [5.41, 5.74) is 2.30. The fraction of sp³-hybridized carbons (Fsp3) is 0.261. The van der Waals surface area contributed by atoms with Crippen LogP contribution in [0.25, 0.3) is 15.9 Å². The van der Waals surface area contributed by atoms with Gasteiger partial charge in [-0.3, -0.25) is 4.79 Å². The monoisotopic (exact) mass is 452 g/mol. The van der Waals surface area contributed by atoms with E-state index in [0.717, 1.165) is 39.5 Å². The smallest absolute Gasteiger partial charge is 0.274 e. The number of hydrogen-bond acceptors (Lipinski definition) is 5. The van der Waals surface area contributed by atoms with Crippen molar-refractivity contribution in [3.8, 4) is 11.4 Å². The molecule has 31 heavy (non-hydrogen) atoms. The molecule has 0 radical (unpaired) electrons. The summed E-state index contributed by atoms with van der Waals surface area (Å²) in [7, 11) is 1.63. The second-order valence-corrected chi connectivity index (χ2v) is 9.07. The molecule has 3 heterocycles. The molecule has 8 heteroatoms. The lowest BCUT2D eigenvalue weighted by Gasteiger charge is -2.30. The summed E-state index contributed by atoms with van der Waals surface area (Å²) in [5, 5.41) is 6.33. The highest BCUT2D eigenvalue weighted by Crippen LogP contribution is 2.35. The minimum atomic E-state index is -0.0261. The van der Waals surface area contributed by atoms with Gasteiger partial charge in [0.1, 0.15) is 5.75 Å². The van der Waals surface area contributed by atoms with Gasteiger partial charge in [0.05, 0.1) is 28.0 Å². The Balaban J connectivity index is 1.25. The van der Waals surface area contributed by atoms with Gasteiger partial charge in [-0.1, -0.05) is 11.6 Å². The third kappa shape index (κ3) is 4.03. The van der Waals surface area contributed by atoms with Crippen molar-refractivity contribution < 1.29 is 9.53 Å². The van der Waals surface area contributed by atoms with Crippen molar-refractivity contribution in [1.29, 1.82) is 0 Å². The highest BCUT2D eigenvalue weighted by atomic mass is 35.5. The second-order valence-electron chi connectivity index (χ2n) is 7.57. The average Bonchev–Trinajstić information content (AvgIpc) is 3.46. The van der Waals surface area contributed by atoms with Gasteiger partial charge in [0.15, 0.2) is 5.69 Å². The number of hydrogen-bond donors (Lipinski definition) is 0. The number of carbonyl (C=O) groups is 1. The van der Waals surface area contributed by atoms with E-state index in [1.807, 2.05) is 53.6 Å². The zero-order valence-electron chi connectivity index (χ0n) is 17.0. The van der Waals surface area contributed by atoms with Gasteiger partial charge in [0.25, 0.3) is 5.91 Å². The molecule has 5 rings (SSSR count). The van der Waals surface area contributed by atoms with E-state index in [1.54, 1.807) is 29.2 Å². The number of halogens is 1. The molecule has 0 saturated carbocycles. The van der Waals surface area contributed by atoms with Crippen molar-refractivity contribution in [2.24, 2.45) is 0 Å². The number of ether oxygens (including phenoxy) is 1. The lowest BCUT2D eigenvalue weighted by molar-refractivity contribution is 0.0706. The van der Waals surface area contributed by atoms with E-state index in [-0.39, 0.29) is 5.91 Å². The van der Waals surface area contributed by atoms with Crippen molar-refractivity contribution in [1.82, 2.24) is 19.7 Å². The Labute approximate surface area is 189 Å². The molecular weight excluding hydrogens is 432 g/mol. The number of carbonyl (C=O) groups excluding carboxylic acids is 1. The van der Waals surface area contributed by atoms with Crippen molar-refractivity contribution in [3.05, 3.63) is 70.5 Å². The largest absolute Gasteiger partial charge is 0.497 e. The predicted molar refractivity (Wildman–Crippen MR) is 123 cm³/mol. The molecule has 1 aliphatic rings. The first-order valence-electron chi connectivity index (χ1n) is 10.2. The van der Waals surface area contributed by atoms with Crippen LogP contribution in [0.2, 0.25) is 5.02 Å². The summed E-state index contributed by atoms with van der Waals surface area (Å²) in [5.74, 6) is 1.13. The van der Waals surface area contributed by atoms with Crippen LogP contribution in [0.4, 0.5) is 0 Å². The minimum absolute atomic E-state index is 0.0261. The number of aromatic nitrogens is 3. The molecule has 0 aliphatic carbocycles. The van der Waals surface area contributed by atoms with Crippen LogP contribution in [0.15, 0.2) is 54.7 Å². The van der Waals surface area contributed by atoms with E-state index in [0.29, 0.717) is 29.7 Å². The molecule has 1 saturated heterocycles. The van der Waals surface area contributed by atoms with Gasteiger partial charge in [-0.25, -0.2) is 9.67 Å². The van der Waals surface area contributed by atoms with Gasteiger partial charge < -0.3 is 9.64 Å². The number of methoxy groups -OCH3 is 1. The fourth-order valence-corrected chi connectivity index (χ4v) is 5.18. The molecule has 0 N–H and O–H groups in total. The number of piperidine rings is 1. The van der Waals surface area contributed by atoms with Gasteiger partial charge in [0, 0.05) is 30.2 Å². The van der Waals surface area contributed by atoms with E-state index < -0.39 is 0 Å². The van der Waals surface area contributed by atoms with Crippen LogP contribution in [0.5, 0.6) is 5.75 Å². The maximum Gasteiger partial charge on any atom is 0.274 e. The van der Waals surface area contributed by atoms with Crippen LogP contribution in [-0.2, 0) is 0 Å². The number of benzene rings is 2. The molecule has 0 unspecified atom stereocenters. The van der Waals surface area contributed by atoms with E-state index in [9.17, 15) is 4.79 Å². The Morgan fingerprint density at radius 1 is 1.13 bits per heavy atom. The summed E-state index contributed by atoms with van der Waals surface area (Å²) < 4.78 is 8.06. The maximum atomic E-state index is 13.0. The van der Waals surface area contributed by atoms with Crippen LogP contribution in [0.1, 0.15) is 34.3 Å². The molecule has 0 atom stereocenters. The quantitative estimate of drug-likeness (QED) is 0.429. The summed E-state index contributed by atoms with van der Waals surface area (Å²) in [6.45, 7) is 1.41. The van der Waals surface area contributed by atoms with Gasteiger partial charge in [-0.05, 0) is 61.4 Å². The Morgan fingerprint density at radius 3 is 2.65 bits per heavy atom. The first-order valence-corrected chi connectivity index (χ1v) is 11.4. The molecule has 1 fully saturated rings. The SMILES string of the molecule is COc1ccc(-n2ccc(C(=O)N3CCC(c4nc5cc(Cl)ccc5s4)CC3)n2)cc1. The van der Waals surface area contributed by atoms with E-state index in [4.69, 9.17) is 21.3 Å². The molecule has 2 aromatic heterocycles. The van der Waals surface area contributed by atoms with E-state index >= 15 is 0 Å². The maximum absolute atomic E-state index is 13.0. The lowest BCUT2D eigenvalue weighted by Crippen LogP contribution is -2.38. The van der Waals surface area contributed by atoms with E-state index in [2.05, 4.69) is 5.10 Å². The first kappa shape index (κ1) is 20.0. The average molecular weight is 453 g/mol. The summed E-state index contributed by atoms with van der Waals surface area (Å²) in [6, 6.07) is 15.2. The van der Waals surface area contributed by atoms with Gasteiger partial charge in [0.2, 0.25) is 0 Å². The highest BCUT2D eigenvalue weighted by Gasteiger charge is 2.27. The second kappa shape index (κ2) is 8.32. The molecule has 0 spiro atoms. The van der Waals surface area contributed by atoms with Crippen molar-refractivity contribution in [2.45, 2.75) is 18.8 Å². The molecule has 4 aromatic rings. The third-order valence-corrected chi connectivity index (χ3v) is 7.08. The lowest BCUT2D eigenvalue weighted by atomic mass is 9.97. The summed E-state index contributed by atoms with van der Waals surface area (Å²) >= 11 is 7.81. The van der Waals surface area contributed by atoms with Crippen LogP contribution in [0.3, 0.4) is 0 Å². The topological polar surface area (TPSA) is 60.2 Å². The van der Waals surface area contributed by atoms with Gasteiger partial charge in [-0.2, -0.15) is 5.10 Å². The fourth-order valence-electron chi connectivity index (χ4n) is 3.90. The standard InChI is InChI=1S/C23H21ClN4O2S/c1-30-18-5-3-17(4-6-18)28-13-10-19(26-28)23(29)27-11-8-15(9-12-27)22-25-20-14-16(24)2-7-21(20)31-22/h2-7,10,13-15H,8-9,11-12H2,1H3. The van der Waals surface area contributed by atoms with Crippen LogP contribution in [-0.4, -0.2) is 45.8 Å². The number of rotatable bonds is 4. The minimum Gasteiger partial charge on any atom is -0.497 e. The molecule has 0 bridgehead atoms. The predicted octanol–water partition coefficient (Wildman–Crippen LogP) is 5.16. The number of fused-ring (bicyclic) bond motifs is 1. The van der Waals surface area contributed by atoms with E-state index in [1.165, 1.54) is 0 Å². The number of amides is 1. The Hall–Kier alpha value is -2.90. The van der Waals surface area contributed by atoms with Crippen LogP contribution < -0.4 is 4.74 Å². The molecule has 1 amide bonds. The molecule has 2 aromatic carbocycles. The number of likely N-dealkylation sites (tertiary alicyclic amines) is 1. The van der Waals surface area contributed by atoms with Crippen molar-refractivity contribution in [2.75, 3.05) is 20.2 Å². The highest BCUT2D eigenvalue weighted by molar-refractivity contribution is 7.18. The van der Waals surface area contributed by atoms with Crippen LogP contribution in [0, 0.1) is 0 Å². The third-order valence-electron chi connectivity index (χ3n) is 5.64. The van der Waals surface area contributed by atoms with Crippen LogP contribution >= 0.6 is 22.9 Å². The first-order chi connectivity index (χ1) is 15.1. The zero-order chi connectivity index (χ0) is 21.4. The van der Waals surface area contributed by atoms with Crippen molar-refractivity contribution in [3.63, 3.8) is 0 Å². The summed E-state index contributed by atoms with van der Waals surface area (Å²) in [6.07, 6.45) is 3.62. The Bertz CT molecular complexity index is 1230. The Kier molecular flexibility index (Phi) is 5.38.